The molecule has 1 aromatic carbocycles. The lowest BCUT2D eigenvalue weighted by molar-refractivity contribution is 0.122. The number of rotatable bonds is 4. The highest BCUT2D eigenvalue weighted by atomic mass is 16.5. The van der Waals surface area contributed by atoms with Crippen molar-refractivity contribution in [1.29, 1.82) is 0 Å². The summed E-state index contributed by atoms with van der Waals surface area (Å²) in [4.78, 5) is 27.4. The molecular weight excluding hydrogens is 332 g/mol. The molecule has 4 rings (SSSR count). The first-order valence-electron chi connectivity index (χ1n) is 8.91. The molecule has 0 spiro atoms. The monoisotopic (exact) mass is 354 g/mol. The largest absolute Gasteiger partial charge is 0.378 e. The predicted molar refractivity (Wildman–Crippen MR) is 98.2 cm³/mol. The molecule has 2 amide bonds. The minimum absolute atomic E-state index is 0.161. The standard InChI is InChI=1S/C18H22N6O2/c1-12-19-16(23-17(20-12)24-8-10-26-11-9-24)13-2-4-14(5-3-13)21-18(25)22-15-6-7-15/h2-5,15H,6-11H2,1H3,(H2,21,22,25). The second kappa shape index (κ2) is 7.25. The molecule has 0 atom stereocenters. The molecule has 2 aliphatic rings. The van der Waals surface area contributed by atoms with Crippen LogP contribution in [0.2, 0.25) is 0 Å². The number of hydrogen-bond donors (Lipinski definition) is 2. The van der Waals surface area contributed by atoms with Gasteiger partial charge in [-0.1, -0.05) is 0 Å². The maximum Gasteiger partial charge on any atom is 0.319 e. The summed E-state index contributed by atoms with van der Waals surface area (Å²) in [5.74, 6) is 2.00. The number of nitrogens with one attached hydrogen (secondary N) is 2. The zero-order valence-electron chi connectivity index (χ0n) is 14.7. The average Bonchev–Trinajstić information content (AvgIpc) is 3.46. The van der Waals surface area contributed by atoms with Crippen molar-refractivity contribution < 1.29 is 9.53 Å². The average molecular weight is 354 g/mol. The molecule has 8 heteroatoms. The maximum atomic E-state index is 11.8. The highest BCUT2D eigenvalue weighted by Crippen LogP contribution is 2.22. The van der Waals surface area contributed by atoms with Crippen LogP contribution in [0.15, 0.2) is 24.3 Å². The summed E-state index contributed by atoms with van der Waals surface area (Å²) >= 11 is 0. The van der Waals surface area contributed by atoms with Crippen LogP contribution < -0.4 is 15.5 Å². The number of ether oxygens (including phenoxy) is 1. The fourth-order valence-corrected chi connectivity index (χ4v) is 2.78. The van der Waals surface area contributed by atoms with Crippen molar-refractivity contribution >= 4 is 17.7 Å². The van der Waals surface area contributed by atoms with Crippen molar-refractivity contribution in [3.8, 4) is 11.4 Å². The lowest BCUT2D eigenvalue weighted by Crippen LogP contribution is -2.37. The Bertz CT molecular complexity index is 785. The minimum Gasteiger partial charge on any atom is -0.378 e. The van der Waals surface area contributed by atoms with Crippen LogP contribution in [0.5, 0.6) is 0 Å². The zero-order valence-corrected chi connectivity index (χ0v) is 14.7. The van der Waals surface area contributed by atoms with E-state index in [2.05, 4.69) is 30.5 Å². The number of aromatic nitrogens is 3. The van der Waals surface area contributed by atoms with Gasteiger partial charge in [-0.15, -0.1) is 0 Å². The van der Waals surface area contributed by atoms with Gasteiger partial charge in [0, 0.05) is 30.4 Å². The van der Waals surface area contributed by atoms with Gasteiger partial charge >= 0.3 is 6.03 Å². The lowest BCUT2D eigenvalue weighted by Gasteiger charge is -2.27. The van der Waals surface area contributed by atoms with Crippen molar-refractivity contribution in [3.05, 3.63) is 30.1 Å². The Hall–Kier alpha value is -2.74. The molecule has 2 fully saturated rings. The number of urea groups is 1. The van der Waals surface area contributed by atoms with Gasteiger partial charge in [0.25, 0.3) is 0 Å². The summed E-state index contributed by atoms with van der Waals surface area (Å²) in [7, 11) is 0. The first kappa shape index (κ1) is 16.7. The molecular formula is C18H22N6O2. The number of anilines is 2. The number of carbonyl (C=O) groups excluding carboxylic acids is 1. The van der Waals surface area contributed by atoms with E-state index in [0.717, 1.165) is 37.2 Å². The van der Waals surface area contributed by atoms with Gasteiger partial charge < -0.3 is 20.3 Å². The Morgan fingerprint density at radius 2 is 1.85 bits per heavy atom. The fraction of sp³-hybridized carbons (Fsp3) is 0.444. The van der Waals surface area contributed by atoms with E-state index >= 15 is 0 Å². The molecule has 8 nitrogen and oxygen atoms in total. The van der Waals surface area contributed by atoms with Crippen LogP contribution >= 0.6 is 0 Å². The third-order valence-corrected chi connectivity index (χ3v) is 4.34. The summed E-state index contributed by atoms with van der Waals surface area (Å²) in [6.07, 6.45) is 2.13. The van der Waals surface area contributed by atoms with Crippen molar-refractivity contribution in [3.63, 3.8) is 0 Å². The van der Waals surface area contributed by atoms with Crippen LogP contribution in [0.3, 0.4) is 0 Å². The Morgan fingerprint density at radius 1 is 1.12 bits per heavy atom. The predicted octanol–water partition coefficient (Wildman–Crippen LogP) is 1.97. The highest BCUT2D eigenvalue weighted by Gasteiger charge is 2.23. The van der Waals surface area contributed by atoms with E-state index in [4.69, 9.17) is 4.74 Å². The summed E-state index contributed by atoms with van der Waals surface area (Å²) < 4.78 is 5.39. The first-order chi connectivity index (χ1) is 12.7. The van der Waals surface area contributed by atoms with Gasteiger partial charge in [0.1, 0.15) is 5.82 Å². The van der Waals surface area contributed by atoms with E-state index in [9.17, 15) is 4.79 Å². The smallest absolute Gasteiger partial charge is 0.319 e. The Morgan fingerprint density at radius 3 is 2.54 bits per heavy atom. The Balaban J connectivity index is 1.49. The summed E-state index contributed by atoms with van der Waals surface area (Å²) in [6, 6.07) is 7.70. The van der Waals surface area contributed by atoms with Crippen LogP contribution in [-0.2, 0) is 4.74 Å². The maximum absolute atomic E-state index is 11.8. The number of amides is 2. The van der Waals surface area contributed by atoms with E-state index in [1.807, 2.05) is 31.2 Å². The lowest BCUT2D eigenvalue weighted by atomic mass is 10.2. The minimum atomic E-state index is -0.161. The molecule has 2 N–H and O–H groups in total. The van der Waals surface area contributed by atoms with Crippen LogP contribution in [0, 0.1) is 6.92 Å². The van der Waals surface area contributed by atoms with E-state index in [1.54, 1.807) is 0 Å². The number of carbonyl (C=O) groups is 1. The third kappa shape index (κ3) is 4.08. The molecule has 1 saturated carbocycles. The molecule has 1 saturated heterocycles. The Kier molecular flexibility index (Phi) is 4.66. The zero-order chi connectivity index (χ0) is 17.9. The molecule has 2 aromatic rings. The van der Waals surface area contributed by atoms with Gasteiger partial charge in [-0.2, -0.15) is 9.97 Å². The van der Waals surface area contributed by atoms with Gasteiger partial charge in [-0.05, 0) is 44.0 Å². The number of morpholine rings is 1. The molecule has 26 heavy (non-hydrogen) atoms. The molecule has 0 unspecified atom stereocenters. The van der Waals surface area contributed by atoms with E-state index in [0.29, 0.717) is 36.9 Å². The molecule has 1 aromatic heterocycles. The molecule has 1 aliphatic heterocycles. The van der Waals surface area contributed by atoms with Crippen LogP contribution in [-0.4, -0.2) is 53.3 Å². The Labute approximate surface area is 152 Å². The van der Waals surface area contributed by atoms with Crippen molar-refractivity contribution in [1.82, 2.24) is 20.3 Å². The highest BCUT2D eigenvalue weighted by molar-refractivity contribution is 5.89. The normalized spacial score (nSPS) is 17.0. The second-order valence-corrected chi connectivity index (χ2v) is 6.56. The van der Waals surface area contributed by atoms with Crippen molar-refractivity contribution in [2.75, 3.05) is 36.5 Å². The van der Waals surface area contributed by atoms with Crippen LogP contribution in [0.25, 0.3) is 11.4 Å². The summed E-state index contributed by atoms with van der Waals surface area (Å²) in [6.45, 7) is 4.80. The van der Waals surface area contributed by atoms with E-state index in [1.165, 1.54) is 0 Å². The van der Waals surface area contributed by atoms with E-state index < -0.39 is 0 Å². The summed E-state index contributed by atoms with van der Waals surface area (Å²) in [5, 5.41) is 5.74. The van der Waals surface area contributed by atoms with Gasteiger partial charge in [0.2, 0.25) is 5.95 Å². The van der Waals surface area contributed by atoms with Gasteiger partial charge in [-0.25, -0.2) is 9.78 Å². The molecule has 2 heterocycles. The van der Waals surface area contributed by atoms with Gasteiger partial charge in [0.05, 0.1) is 13.2 Å². The van der Waals surface area contributed by atoms with Crippen molar-refractivity contribution in [2.45, 2.75) is 25.8 Å². The molecule has 1 aliphatic carbocycles. The van der Waals surface area contributed by atoms with Gasteiger partial charge in [-0.3, -0.25) is 0 Å². The van der Waals surface area contributed by atoms with Crippen LogP contribution in [0.1, 0.15) is 18.7 Å². The molecule has 136 valence electrons. The quantitative estimate of drug-likeness (QED) is 0.872. The third-order valence-electron chi connectivity index (χ3n) is 4.34. The first-order valence-corrected chi connectivity index (χ1v) is 8.91. The van der Waals surface area contributed by atoms with E-state index in [-0.39, 0.29) is 6.03 Å². The topological polar surface area (TPSA) is 92.3 Å². The number of nitrogens with zero attached hydrogens (tertiary/aromatic N) is 4. The van der Waals surface area contributed by atoms with Crippen LogP contribution in [0.4, 0.5) is 16.4 Å². The van der Waals surface area contributed by atoms with Crippen molar-refractivity contribution in [2.24, 2.45) is 0 Å². The molecule has 0 bridgehead atoms. The number of aryl methyl sites for hydroxylation is 1. The fourth-order valence-electron chi connectivity index (χ4n) is 2.78. The van der Waals surface area contributed by atoms with Gasteiger partial charge in [0.15, 0.2) is 5.82 Å². The number of hydrogen-bond acceptors (Lipinski definition) is 6. The second-order valence-electron chi connectivity index (χ2n) is 6.56. The SMILES string of the molecule is Cc1nc(-c2ccc(NC(=O)NC3CC3)cc2)nc(N2CCOCC2)n1. The summed E-state index contributed by atoms with van der Waals surface area (Å²) in [5.41, 5.74) is 1.63. The number of benzene rings is 1. The molecule has 0 radical (unpaired) electrons.